The second-order valence-electron chi connectivity index (χ2n) is 6.52. The predicted octanol–water partition coefficient (Wildman–Crippen LogP) is 5.49. The maximum absolute atomic E-state index is 13.4. The largest absolute Gasteiger partial charge is 0.396 e. The van der Waals surface area contributed by atoms with E-state index in [1.165, 1.54) is 12.3 Å². The highest BCUT2D eigenvalue weighted by molar-refractivity contribution is 6.23. The van der Waals surface area contributed by atoms with Crippen LogP contribution in [0.15, 0.2) is 66.0 Å². The zero-order valence-corrected chi connectivity index (χ0v) is 15.1. The Labute approximate surface area is 164 Å². The first kappa shape index (κ1) is 18.4. The molecule has 2 heterocycles. The van der Waals surface area contributed by atoms with Crippen molar-refractivity contribution in [1.29, 1.82) is 0 Å². The molecule has 0 amide bonds. The molecule has 4 rings (SSSR count). The number of alkyl halides is 4. The maximum Gasteiger partial charge on any atom is 0.396 e. The normalized spacial score (nSPS) is 24.2. The fourth-order valence-electron chi connectivity index (χ4n) is 3.59. The molecule has 3 atom stereocenters. The van der Waals surface area contributed by atoms with Gasteiger partial charge in [0, 0.05) is 17.2 Å². The molecule has 0 bridgehead atoms. The van der Waals surface area contributed by atoms with Crippen LogP contribution in [0, 0.1) is 12.5 Å². The van der Waals surface area contributed by atoms with Crippen LogP contribution in [0.2, 0.25) is 0 Å². The van der Waals surface area contributed by atoms with Gasteiger partial charge in [-0.25, -0.2) is 4.85 Å². The van der Waals surface area contributed by atoms with E-state index in [-0.39, 0.29) is 5.70 Å². The molecule has 2 aliphatic rings. The van der Waals surface area contributed by atoms with Gasteiger partial charge in [0.15, 0.2) is 5.70 Å². The molecule has 2 N–H and O–H groups in total. The lowest BCUT2D eigenvalue weighted by molar-refractivity contribution is -0.160. The average molecular weight is 403 g/mol. The van der Waals surface area contributed by atoms with Gasteiger partial charge < -0.3 is 5.32 Å². The molecule has 4 nitrogen and oxygen atoms in total. The molecule has 0 fully saturated rings. The minimum Gasteiger partial charge on any atom is -0.349 e. The number of hydrogen-bond donors (Lipinski definition) is 2. The van der Waals surface area contributed by atoms with Gasteiger partial charge in [0.1, 0.15) is 5.82 Å². The lowest BCUT2D eigenvalue weighted by atomic mass is 9.79. The third kappa shape index (κ3) is 3.00. The molecule has 28 heavy (non-hydrogen) atoms. The third-order valence-electron chi connectivity index (χ3n) is 4.89. The first-order valence-electron chi connectivity index (χ1n) is 8.48. The summed E-state index contributed by atoms with van der Waals surface area (Å²) < 4.78 is 40.3. The van der Waals surface area contributed by atoms with E-state index in [1.807, 2.05) is 30.3 Å². The Hall–Kier alpha value is -2.98. The fourth-order valence-corrected chi connectivity index (χ4v) is 4.02. The Morgan fingerprint density at radius 3 is 2.61 bits per heavy atom. The number of hydrogen-bond acceptors (Lipinski definition) is 2. The fraction of sp³-hybridized carbons (Fsp3) is 0.200. The minimum atomic E-state index is -4.47. The van der Waals surface area contributed by atoms with E-state index in [0.29, 0.717) is 22.7 Å². The first-order valence-corrected chi connectivity index (χ1v) is 8.92. The highest BCUT2D eigenvalue weighted by atomic mass is 35.5. The van der Waals surface area contributed by atoms with Crippen molar-refractivity contribution in [3.8, 4) is 0 Å². The maximum atomic E-state index is 13.4. The number of aromatic nitrogens is 2. The molecule has 8 heteroatoms. The molecule has 0 saturated carbocycles. The van der Waals surface area contributed by atoms with Crippen molar-refractivity contribution in [2.24, 2.45) is 5.92 Å². The number of fused-ring (bicyclic) bond motifs is 1. The number of nitrogens with one attached hydrogen (secondary N) is 2. The number of rotatable bonds is 2. The van der Waals surface area contributed by atoms with Crippen molar-refractivity contribution in [2.45, 2.75) is 17.5 Å². The predicted molar refractivity (Wildman–Crippen MR) is 101 cm³/mol. The Balaban J connectivity index is 1.87. The van der Waals surface area contributed by atoms with Gasteiger partial charge in [-0.15, -0.1) is 11.6 Å². The van der Waals surface area contributed by atoms with Crippen molar-refractivity contribution in [3.05, 3.63) is 88.6 Å². The summed E-state index contributed by atoms with van der Waals surface area (Å²) in [4.78, 5) is 3.68. The zero-order chi connectivity index (χ0) is 19.9. The van der Waals surface area contributed by atoms with E-state index in [4.69, 9.17) is 18.2 Å². The molecule has 0 saturated heterocycles. The van der Waals surface area contributed by atoms with E-state index in [0.717, 1.165) is 11.6 Å². The molecule has 1 aliphatic carbocycles. The number of nitrogens with zero attached hydrogens (tertiary/aromatic N) is 2. The van der Waals surface area contributed by atoms with Gasteiger partial charge >= 0.3 is 6.18 Å². The average Bonchev–Trinajstić information content (AvgIpc) is 3.15. The molecule has 0 spiro atoms. The van der Waals surface area contributed by atoms with Crippen molar-refractivity contribution in [2.75, 3.05) is 5.32 Å². The molecule has 2 aromatic rings. The number of H-pyrrole nitrogens is 1. The summed E-state index contributed by atoms with van der Waals surface area (Å²) in [5.41, 5.74) is 2.49. The molecule has 0 radical (unpaired) electrons. The van der Waals surface area contributed by atoms with Crippen LogP contribution >= 0.6 is 11.6 Å². The summed E-state index contributed by atoms with van der Waals surface area (Å²) >= 11 is 6.30. The second kappa shape index (κ2) is 6.88. The van der Waals surface area contributed by atoms with E-state index in [2.05, 4.69) is 20.4 Å². The van der Waals surface area contributed by atoms with Gasteiger partial charge in [0.25, 0.3) is 0 Å². The van der Waals surface area contributed by atoms with Gasteiger partial charge in [-0.05, 0) is 11.1 Å². The summed E-state index contributed by atoms with van der Waals surface area (Å²) in [5, 5.41) is 8.67. The quantitative estimate of drug-likeness (QED) is 0.515. The molecule has 1 aliphatic heterocycles. The monoisotopic (exact) mass is 402 g/mol. The standard InChI is InChI=1S/C20H14ClF3N4/c1-25-18-15(12-8-5-9-14(16(12)21)20(22,23)24)13-10-26-28-19(13)27-17(18)11-6-3-2-4-7-11/h2-10,14-16H,(H2,26,27,28). The van der Waals surface area contributed by atoms with Crippen molar-refractivity contribution >= 4 is 23.1 Å². The highest BCUT2D eigenvalue weighted by Gasteiger charge is 2.47. The van der Waals surface area contributed by atoms with Gasteiger partial charge in [-0.3, -0.25) is 5.10 Å². The molecule has 3 unspecified atom stereocenters. The number of anilines is 1. The summed E-state index contributed by atoms with van der Waals surface area (Å²) in [7, 11) is 0. The lowest BCUT2D eigenvalue weighted by Crippen LogP contribution is -2.34. The van der Waals surface area contributed by atoms with Gasteiger partial charge in [0.05, 0.1) is 24.1 Å². The molecular weight excluding hydrogens is 389 g/mol. The summed E-state index contributed by atoms with van der Waals surface area (Å²) in [6.45, 7) is 7.75. The molecule has 142 valence electrons. The second-order valence-corrected chi connectivity index (χ2v) is 6.99. The van der Waals surface area contributed by atoms with E-state index in [1.54, 1.807) is 6.08 Å². The topological polar surface area (TPSA) is 45.1 Å². The number of halogens is 4. The first-order chi connectivity index (χ1) is 13.4. The van der Waals surface area contributed by atoms with Crippen LogP contribution in [0.1, 0.15) is 17.0 Å². The summed E-state index contributed by atoms with van der Waals surface area (Å²) in [6.07, 6.45) is 1.03. The summed E-state index contributed by atoms with van der Waals surface area (Å²) in [6, 6.07) is 9.17. The van der Waals surface area contributed by atoms with Gasteiger partial charge in [-0.2, -0.15) is 18.3 Å². The van der Waals surface area contributed by atoms with Crippen LogP contribution in [-0.2, 0) is 0 Å². The van der Waals surface area contributed by atoms with Crippen LogP contribution in [-0.4, -0.2) is 21.8 Å². The van der Waals surface area contributed by atoms with Gasteiger partial charge in [-0.1, -0.05) is 48.6 Å². The number of aromatic amines is 1. The number of benzene rings is 1. The minimum absolute atomic E-state index is 0.285. The Morgan fingerprint density at radius 1 is 1.18 bits per heavy atom. The SMILES string of the molecule is [C-]#[N+]C1=C(c2ccccc2)Nc2[nH]ncc2C1C1=CC=CC(C(F)(F)F)C1Cl. The third-order valence-corrected chi connectivity index (χ3v) is 5.42. The van der Waals surface area contributed by atoms with Crippen molar-refractivity contribution in [3.63, 3.8) is 0 Å². The molecule has 1 aromatic heterocycles. The van der Waals surface area contributed by atoms with E-state index < -0.39 is 23.4 Å². The van der Waals surface area contributed by atoms with E-state index >= 15 is 0 Å². The Bertz CT molecular complexity index is 1030. The highest BCUT2D eigenvalue weighted by Crippen LogP contribution is 2.49. The Kier molecular flexibility index (Phi) is 4.52. The number of allylic oxidation sites excluding steroid dienone is 4. The van der Waals surface area contributed by atoms with E-state index in [9.17, 15) is 13.2 Å². The Morgan fingerprint density at radius 2 is 1.93 bits per heavy atom. The molecular formula is C20H14ClF3N4. The van der Waals surface area contributed by atoms with Crippen LogP contribution < -0.4 is 5.32 Å². The molecule has 1 aromatic carbocycles. The zero-order valence-electron chi connectivity index (χ0n) is 14.3. The summed E-state index contributed by atoms with van der Waals surface area (Å²) in [5.74, 6) is -1.99. The van der Waals surface area contributed by atoms with Crippen LogP contribution in [0.25, 0.3) is 10.5 Å². The van der Waals surface area contributed by atoms with Crippen molar-refractivity contribution < 1.29 is 13.2 Å². The van der Waals surface area contributed by atoms with Crippen molar-refractivity contribution in [1.82, 2.24) is 10.2 Å². The van der Waals surface area contributed by atoms with Crippen LogP contribution in [0.4, 0.5) is 19.0 Å². The lowest BCUT2D eigenvalue weighted by Gasteiger charge is -2.33. The smallest absolute Gasteiger partial charge is 0.349 e. The van der Waals surface area contributed by atoms with Crippen LogP contribution in [0.5, 0.6) is 0 Å². The van der Waals surface area contributed by atoms with Crippen LogP contribution in [0.3, 0.4) is 0 Å². The van der Waals surface area contributed by atoms with Gasteiger partial charge in [0.2, 0.25) is 0 Å².